The molecular formula is C16H17N. The molecule has 0 aliphatic heterocycles. The molecular weight excluding hydrogens is 206 g/mol. The zero-order valence-electron chi connectivity index (χ0n) is 9.95. The van der Waals surface area contributed by atoms with Crippen molar-refractivity contribution in [2.45, 2.75) is 25.7 Å². The molecule has 2 aliphatic rings. The second kappa shape index (κ2) is 4.62. The predicted octanol–water partition coefficient (Wildman–Crippen LogP) is 4.29. The first-order chi connectivity index (χ1) is 8.42. The minimum atomic E-state index is 1.11. The van der Waals surface area contributed by atoms with Gasteiger partial charge in [-0.05, 0) is 55.0 Å². The third kappa shape index (κ3) is 2.33. The van der Waals surface area contributed by atoms with Gasteiger partial charge < -0.3 is 5.32 Å². The molecule has 0 heterocycles. The van der Waals surface area contributed by atoms with Gasteiger partial charge in [-0.25, -0.2) is 0 Å². The van der Waals surface area contributed by atoms with Crippen LogP contribution >= 0.6 is 0 Å². The van der Waals surface area contributed by atoms with Crippen molar-refractivity contribution >= 4 is 11.8 Å². The van der Waals surface area contributed by atoms with Crippen LogP contribution in [0.15, 0.2) is 48.2 Å². The van der Waals surface area contributed by atoms with Gasteiger partial charge in [-0.3, -0.25) is 0 Å². The van der Waals surface area contributed by atoms with Crippen molar-refractivity contribution in [2.24, 2.45) is 0 Å². The Balaban J connectivity index is 1.82. The summed E-state index contributed by atoms with van der Waals surface area (Å²) >= 11 is 0. The molecule has 0 fully saturated rings. The zero-order chi connectivity index (χ0) is 11.5. The summed E-state index contributed by atoms with van der Waals surface area (Å²) in [6.07, 6.45) is 15.6. The number of aryl methyl sites for hydroxylation is 1. The Hall–Kier alpha value is -1.76. The molecule has 0 amide bonds. The number of hydrogen-bond donors (Lipinski definition) is 1. The number of fused-ring (bicyclic) bond motifs is 1. The molecule has 1 aromatic rings. The van der Waals surface area contributed by atoms with Crippen molar-refractivity contribution in [1.29, 1.82) is 0 Å². The zero-order valence-corrected chi connectivity index (χ0v) is 9.95. The van der Waals surface area contributed by atoms with E-state index in [0.29, 0.717) is 0 Å². The van der Waals surface area contributed by atoms with Crippen LogP contribution in [0.3, 0.4) is 0 Å². The highest BCUT2D eigenvalue weighted by Crippen LogP contribution is 2.24. The van der Waals surface area contributed by atoms with E-state index in [1.165, 1.54) is 35.4 Å². The van der Waals surface area contributed by atoms with Gasteiger partial charge in [-0.2, -0.15) is 0 Å². The van der Waals surface area contributed by atoms with Gasteiger partial charge in [-0.15, -0.1) is 0 Å². The van der Waals surface area contributed by atoms with Crippen molar-refractivity contribution in [3.05, 3.63) is 59.3 Å². The minimum absolute atomic E-state index is 1.11. The van der Waals surface area contributed by atoms with Crippen molar-refractivity contribution in [3.63, 3.8) is 0 Å². The normalized spacial score (nSPS) is 17.5. The number of benzene rings is 1. The van der Waals surface area contributed by atoms with E-state index < -0.39 is 0 Å². The summed E-state index contributed by atoms with van der Waals surface area (Å²) in [5, 5.41) is 3.51. The highest BCUT2D eigenvalue weighted by molar-refractivity contribution is 5.63. The molecule has 0 saturated carbocycles. The first-order valence-corrected chi connectivity index (χ1v) is 6.34. The molecule has 3 rings (SSSR count). The molecule has 86 valence electrons. The van der Waals surface area contributed by atoms with Crippen LogP contribution in [0.2, 0.25) is 0 Å². The molecule has 1 aromatic carbocycles. The molecule has 2 aliphatic carbocycles. The summed E-state index contributed by atoms with van der Waals surface area (Å²) in [5.74, 6) is 0. The molecule has 1 heteroatoms. The van der Waals surface area contributed by atoms with Crippen molar-refractivity contribution < 1.29 is 0 Å². The van der Waals surface area contributed by atoms with E-state index in [2.05, 4.69) is 53.9 Å². The Bertz CT molecular complexity index is 506. The number of anilines is 1. The number of hydrogen-bond acceptors (Lipinski definition) is 1. The van der Waals surface area contributed by atoms with E-state index in [9.17, 15) is 0 Å². The van der Waals surface area contributed by atoms with E-state index >= 15 is 0 Å². The lowest BCUT2D eigenvalue weighted by atomic mass is 9.97. The number of nitrogens with one attached hydrogen (secondary N) is 1. The third-order valence-electron chi connectivity index (χ3n) is 3.34. The van der Waals surface area contributed by atoms with Gasteiger partial charge in [0.05, 0.1) is 0 Å². The third-order valence-corrected chi connectivity index (χ3v) is 3.34. The summed E-state index contributed by atoms with van der Waals surface area (Å²) in [5.41, 5.74) is 5.35. The summed E-state index contributed by atoms with van der Waals surface area (Å²) in [4.78, 5) is 0. The van der Waals surface area contributed by atoms with Crippen molar-refractivity contribution in [1.82, 2.24) is 0 Å². The van der Waals surface area contributed by atoms with E-state index in [-0.39, 0.29) is 0 Å². The van der Waals surface area contributed by atoms with Crippen LogP contribution in [0.5, 0.6) is 0 Å². The lowest BCUT2D eigenvalue weighted by Gasteiger charge is -2.15. The fourth-order valence-electron chi connectivity index (χ4n) is 2.40. The average molecular weight is 223 g/mol. The monoisotopic (exact) mass is 223 g/mol. The lowest BCUT2D eigenvalue weighted by Crippen LogP contribution is -2.02. The largest absolute Gasteiger partial charge is 0.359 e. The predicted molar refractivity (Wildman–Crippen MR) is 73.9 cm³/mol. The Morgan fingerprint density at radius 1 is 1.00 bits per heavy atom. The van der Waals surface area contributed by atoms with Crippen LogP contribution in [-0.2, 0) is 6.42 Å². The first kappa shape index (κ1) is 10.4. The second-order valence-corrected chi connectivity index (χ2v) is 4.64. The van der Waals surface area contributed by atoms with Crippen LogP contribution in [0.25, 0.3) is 6.08 Å². The van der Waals surface area contributed by atoms with Crippen LogP contribution in [0.1, 0.15) is 30.4 Å². The van der Waals surface area contributed by atoms with Crippen molar-refractivity contribution in [3.8, 4) is 0 Å². The summed E-state index contributed by atoms with van der Waals surface area (Å²) in [7, 11) is 0. The molecule has 1 N–H and O–H groups in total. The Morgan fingerprint density at radius 2 is 1.94 bits per heavy atom. The number of allylic oxidation sites excluding steroid dienone is 5. The molecule has 0 unspecified atom stereocenters. The standard InChI is InChI=1S/C16H17N/c1-2-8-15(9-3-1)17-16-11-10-13-6-4-5-7-14(13)12-16/h1-2,5,7-8,10-12,17H,3-4,6,9H2. The molecule has 0 bridgehead atoms. The fourth-order valence-corrected chi connectivity index (χ4v) is 2.40. The summed E-state index contributed by atoms with van der Waals surface area (Å²) in [6, 6.07) is 6.70. The molecule has 0 saturated heterocycles. The maximum atomic E-state index is 3.51. The highest BCUT2D eigenvalue weighted by Gasteiger charge is 2.06. The van der Waals surface area contributed by atoms with Gasteiger partial charge in [0.15, 0.2) is 0 Å². The molecule has 17 heavy (non-hydrogen) atoms. The van der Waals surface area contributed by atoms with E-state index in [1.54, 1.807) is 0 Å². The van der Waals surface area contributed by atoms with Gasteiger partial charge >= 0.3 is 0 Å². The van der Waals surface area contributed by atoms with Gasteiger partial charge in [0.1, 0.15) is 0 Å². The smallest absolute Gasteiger partial charge is 0.0388 e. The molecule has 0 atom stereocenters. The SMILES string of the molecule is C1=CCCC(Nc2ccc3c(c2)C=CCC3)=C1. The molecule has 1 nitrogen and oxygen atoms in total. The van der Waals surface area contributed by atoms with Crippen molar-refractivity contribution in [2.75, 3.05) is 5.32 Å². The Morgan fingerprint density at radius 3 is 2.82 bits per heavy atom. The molecule has 0 spiro atoms. The van der Waals surface area contributed by atoms with Gasteiger partial charge in [0.25, 0.3) is 0 Å². The van der Waals surface area contributed by atoms with Crippen LogP contribution < -0.4 is 5.32 Å². The summed E-state index contributed by atoms with van der Waals surface area (Å²) < 4.78 is 0. The molecule has 0 aromatic heterocycles. The fraction of sp³-hybridized carbons (Fsp3) is 0.250. The van der Waals surface area contributed by atoms with Gasteiger partial charge in [0, 0.05) is 11.4 Å². The topological polar surface area (TPSA) is 12.0 Å². The molecule has 0 radical (unpaired) electrons. The minimum Gasteiger partial charge on any atom is -0.359 e. The van der Waals surface area contributed by atoms with Crippen LogP contribution in [-0.4, -0.2) is 0 Å². The quantitative estimate of drug-likeness (QED) is 0.788. The maximum Gasteiger partial charge on any atom is 0.0388 e. The van der Waals surface area contributed by atoms with Gasteiger partial charge in [0.2, 0.25) is 0 Å². The lowest BCUT2D eigenvalue weighted by molar-refractivity contribution is 0.964. The number of rotatable bonds is 2. The van der Waals surface area contributed by atoms with E-state index in [1.807, 2.05) is 0 Å². The maximum absolute atomic E-state index is 3.51. The Kier molecular flexibility index (Phi) is 2.83. The van der Waals surface area contributed by atoms with E-state index in [0.717, 1.165) is 12.8 Å². The average Bonchev–Trinajstić information content (AvgIpc) is 2.40. The highest BCUT2D eigenvalue weighted by atomic mass is 14.9. The van der Waals surface area contributed by atoms with Crippen LogP contribution in [0, 0.1) is 0 Å². The first-order valence-electron chi connectivity index (χ1n) is 6.34. The van der Waals surface area contributed by atoms with Gasteiger partial charge in [-0.1, -0.05) is 30.4 Å². The van der Waals surface area contributed by atoms with Crippen LogP contribution in [0.4, 0.5) is 5.69 Å². The van der Waals surface area contributed by atoms with E-state index in [4.69, 9.17) is 0 Å². The Labute approximate surface area is 103 Å². The summed E-state index contributed by atoms with van der Waals surface area (Å²) in [6.45, 7) is 0. The second-order valence-electron chi connectivity index (χ2n) is 4.64.